The molecule has 0 saturated heterocycles. The van der Waals surface area contributed by atoms with Gasteiger partial charge in [0.05, 0.1) is 11.8 Å². The van der Waals surface area contributed by atoms with Gasteiger partial charge in [0.2, 0.25) is 0 Å². The van der Waals surface area contributed by atoms with Gasteiger partial charge in [-0.25, -0.2) is 0 Å². The minimum Gasteiger partial charge on any atom is -0.345 e. The first-order valence-electron chi connectivity index (χ1n) is 6.53. The van der Waals surface area contributed by atoms with Crippen LogP contribution in [0.3, 0.4) is 0 Å². The molecule has 0 aliphatic rings. The molecule has 0 fully saturated rings. The molecule has 0 aliphatic carbocycles. The predicted octanol–water partition coefficient (Wildman–Crippen LogP) is 3.03. The number of aryl methyl sites for hydroxylation is 1. The lowest BCUT2D eigenvalue weighted by Crippen LogP contribution is -2.18. The molecule has 0 spiro atoms. The summed E-state index contributed by atoms with van der Waals surface area (Å²) in [5, 5.41) is 17.2. The summed E-state index contributed by atoms with van der Waals surface area (Å²) in [6.07, 6.45) is 0. The molecule has 2 aromatic rings. The third kappa shape index (κ3) is 2.62. The van der Waals surface area contributed by atoms with Crippen molar-refractivity contribution in [2.45, 2.75) is 20.8 Å². The van der Waals surface area contributed by atoms with E-state index in [-0.39, 0.29) is 0 Å². The van der Waals surface area contributed by atoms with E-state index < -0.39 is 0 Å². The van der Waals surface area contributed by atoms with Crippen molar-refractivity contribution in [1.29, 1.82) is 5.26 Å². The van der Waals surface area contributed by atoms with E-state index in [0.717, 1.165) is 11.3 Å². The molecular weight excluding hydrogens is 248 g/mol. The molecule has 1 heterocycles. The Morgan fingerprint density at radius 1 is 1.05 bits per heavy atom. The van der Waals surface area contributed by atoms with Crippen LogP contribution in [0.2, 0.25) is 0 Å². The maximum absolute atomic E-state index is 8.68. The second-order valence-corrected chi connectivity index (χ2v) is 4.97. The summed E-state index contributed by atoms with van der Waals surface area (Å²) in [6, 6.07) is 10.1. The Hall–Kier alpha value is -2.41. The van der Waals surface area contributed by atoms with Crippen molar-refractivity contribution in [2.24, 2.45) is 0 Å². The first kappa shape index (κ1) is 14.0. The molecular formula is C16H18N4. The molecule has 1 aromatic carbocycles. The van der Waals surface area contributed by atoms with Gasteiger partial charge in [-0.1, -0.05) is 12.1 Å². The van der Waals surface area contributed by atoms with Crippen LogP contribution in [0.1, 0.15) is 16.7 Å². The number of hydrogen-bond acceptors (Lipinski definition) is 4. The maximum atomic E-state index is 8.68. The molecule has 20 heavy (non-hydrogen) atoms. The average molecular weight is 266 g/mol. The summed E-state index contributed by atoms with van der Waals surface area (Å²) in [5.41, 5.74) is 5.77. The Balaban J connectivity index is 2.36. The maximum Gasteiger partial charge on any atom is 0.151 e. The minimum atomic E-state index is 0.302. The Bertz CT molecular complexity index is 653. The number of benzene rings is 1. The summed E-state index contributed by atoms with van der Waals surface area (Å²) in [5.74, 6) is 0.705. The number of hydrogen-bond donors (Lipinski definition) is 0. The van der Waals surface area contributed by atoms with Gasteiger partial charge in [0.25, 0.3) is 0 Å². The van der Waals surface area contributed by atoms with Crippen LogP contribution >= 0.6 is 0 Å². The summed E-state index contributed by atoms with van der Waals surface area (Å²) < 4.78 is 0. The van der Waals surface area contributed by atoms with Gasteiger partial charge in [-0.3, -0.25) is 0 Å². The van der Waals surface area contributed by atoms with Crippen LogP contribution in [0.5, 0.6) is 0 Å². The highest BCUT2D eigenvalue weighted by molar-refractivity contribution is 5.66. The Morgan fingerprint density at radius 2 is 1.80 bits per heavy atom. The third-order valence-corrected chi connectivity index (χ3v) is 3.68. The van der Waals surface area contributed by atoms with Crippen molar-refractivity contribution in [3.63, 3.8) is 0 Å². The fourth-order valence-corrected chi connectivity index (χ4v) is 2.09. The van der Waals surface area contributed by atoms with Gasteiger partial charge in [0.1, 0.15) is 6.54 Å². The highest BCUT2D eigenvalue weighted by Gasteiger charge is 2.09. The van der Waals surface area contributed by atoms with Crippen molar-refractivity contribution in [3.8, 4) is 17.3 Å². The number of nitrogens with zero attached hydrogens (tertiary/aromatic N) is 4. The van der Waals surface area contributed by atoms with Gasteiger partial charge >= 0.3 is 0 Å². The monoisotopic (exact) mass is 266 g/mol. The largest absolute Gasteiger partial charge is 0.345 e. The van der Waals surface area contributed by atoms with Crippen LogP contribution in [0, 0.1) is 32.1 Å². The highest BCUT2D eigenvalue weighted by atomic mass is 15.2. The number of anilines is 1. The lowest BCUT2D eigenvalue weighted by Gasteiger charge is -2.14. The average Bonchev–Trinajstić information content (AvgIpc) is 2.45. The van der Waals surface area contributed by atoms with Crippen molar-refractivity contribution in [3.05, 3.63) is 41.0 Å². The normalized spacial score (nSPS) is 10.2. The highest BCUT2D eigenvalue weighted by Crippen LogP contribution is 2.26. The van der Waals surface area contributed by atoms with E-state index in [0.29, 0.717) is 12.4 Å². The second kappa shape index (κ2) is 5.70. The van der Waals surface area contributed by atoms with Gasteiger partial charge in [-0.2, -0.15) is 5.26 Å². The van der Waals surface area contributed by atoms with Gasteiger partial charge in [-0.05, 0) is 49.6 Å². The van der Waals surface area contributed by atoms with Crippen LogP contribution in [-0.2, 0) is 0 Å². The van der Waals surface area contributed by atoms with Gasteiger partial charge in [0.15, 0.2) is 5.82 Å². The third-order valence-electron chi connectivity index (χ3n) is 3.68. The SMILES string of the molecule is Cc1ccc(-c2ccc(N(C)CC#N)nn2)c(C)c1C. The van der Waals surface area contributed by atoms with Gasteiger partial charge < -0.3 is 4.90 Å². The molecule has 0 N–H and O–H groups in total. The lowest BCUT2D eigenvalue weighted by molar-refractivity contribution is 0.933. The van der Waals surface area contributed by atoms with Crippen LogP contribution < -0.4 is 4.90 Å². The van der Waals surface area contributed by atoms with Crippen LogP contribution in [-0.4, -0.2) is 23.8 Å². The quantitative estimate of drug-likeness (QED) is 0.801. The lowest BCUT2D eigenvalue weighted by atomic mass is 9.97. The molecule has 4 heteroatoms. The van der Waals surface area contributed by atoms with Crippen molar-refractivity contribution >= 4 is 5.82 Å². The summed E-state index contributed by atoms with van der Waals surface area (Å²) in [7, 11) is 1.83. The van der Waals surface area contributed by atoms with Crippen molar-refractivity contribution in [1.82, 2.24) is 10.2 Å². The Kier molecular flexibility index (Phi) is 3.99. The number of aromatic nitrogens is 2. The van der Waals surface area contributed by atoms with E-state index in [1.807, 2.05) is 19.2 Å². The van der Waals surface area contributed by atoms with E-state index in [2.05, 4.69) is 49.2 Å². The molecule has 0 bridgehead atoms. The first-order valence-corrected chi connectivity index (χ1v) is 6.53. The fourth-order valence-electron chi connectivity index (χ4n) is 2.09. The Morgan fingerprint density at radius 3 is 2.40 bits per heavy atom. The predicted molar refractivity (Wildman–Crippen MR) is 80.6 cm³/mol. The van der Waals surface area contributed by atoms with Crippen LogP contribution in [0.25, 0.3) is 11.3 Å². The van der Waals surface area contributed by atoms with Gasteiger partial charge in [-0.15, -0.1) is 10.2 Å². The molecule has 0 atom stereocenters. The molecule has 0 amide bonds. The minimum absolute atomic E-state index is 0.302. The van der Waals surface area contributed by atoms with E-state index in [4.69, 9.17) is 5.26 Å². The Labute approximate surface area is 119 Å². The zero-order valence-corrected chi connectivity index (χ0v) is 12.3. The van der Waals surface area contributed by atoms with E-state index in [1.165, 1.54) is 16.7 Å². The zero-order valence-electron chi connectivity index (χ0n) is 12.3. The van der Waals surface area contributed by atoms with E-state index >= 15 is 0 Å². The summed E-state index contributed by atoms with van der Waals surface area (Å²) in [6.45, 7) is 6.64. The van der Waals surface area contributed by atoms with Crippen LogP contribution in [0.15, 0.2) is 24.3 Å². The smallest absolute Gasteiger partial charge is 0.151 e. The molecule has 1 aromatic heterocycles. The molecule has 4 nitrogen and oxygen atoms in total. The number of rotatable bonds is 3. The van der Waals surface area contributed by atoms with Gasteiger partial charge in [0, 0.05) is 12.6 Å². The molecule has 102 valence electrons. The van der Waals surface area contributed by atoms with Crippen LogP contribution in [0.4, 0.5) is 5.82 Å². The van der Waals surface area contributed by atoms with Crippen molar-refractivity contribution in [2.75, 3.05) is 18.5 Å². The number of nitriles is 1. The summed E-state index contributed by atoms with van der Waals surface area (Å²) >= 11 is 0. The molecule has 2 rings (SSSR count). The summed E-state index contributed by atoms with van der Waals surface area (Å²) in [4.78, 5) is 1.77. The first-order chi connectivity index (χ1) is 9.54. The van der Waals surface area contributed by atoms with E-state index in [9.17, 15) is 0 Å². The topological polar surface area (TPSA) is 52.8 Å². The van der Waals surface area contributed by atoms with Crippen molar-refractivity contribution < 1.29 is 0 Å². The molecule has 0 saturated carbocycles. The molecule has 0 radical (unpaired) electrons. The fraction of sp³-hybridized carbons (Fsp3) is 0.312. The molecule has 0 aliphatic heterocycles. The zero-order chi connectivity index (χ0) is 14.7. The molecule has 0 unspecified atom stereocenters. The standard InChI is InChI=1S/C16H18N4/c1-11-5-6-14(13(3)12(11)2)15-7-8-16(19-18-15)20(4)10-9-17/h5-8H,10H2,1-4H3. The van der Waals surface area contributed by atoms with E-state index in [1.54, 1.807) is 4.90 Å². The second-order valence-electron chi connectivity index (χ2n) is 4.97.